The zero-order chi connectivity index (χ0) is 27.5. The summed E-state index contributed by atoms with van der Waals surface area (Å²) in [6, 6.07) is 11.5. The molecule has 1 saturated heterocycles. The predicted molar refractivity (Wildman–Crippen MR) is 157 cm³/mol. The number of esters is 1. The molecule has 1 fully saturated rings. The van der Waals surface area contributed by atoms with E-state index in [0.717, 1.165) is 4.90 Å². The molecule has 2 heterocycles. The van der Waals surface area contributed by atoms with Gasteiger partial charge in [-0.25, -0.2) is 4.90 Å². The molecule has 0 saturated carbocycles. The van der Waals surface area contributed by atoms with E-state index in [4.69, 9.17) is 16.3 Å². The van der Waals surface area contributed by atoms with Crippen molar-refractivity contribution < 1.29 is 23.9 Å². The van der Waals surface area contributed by atoms with Crippen molar-refractivity contribution in [2.75, 3.05) is 16.3 Å². The lowest BCUT2D eigenvalue weighted by Gasteiger charge is -2.18. The normalized spacial score (nSPS) is 16.9. The van der Waals surface area contributed by atoms with Crippen LogP contribution >= 0.6 is 75.3 Å². The number of ether oxygens (including phenoxy) is 1. The Morgan fingerprint density at radius 2 is 1.55 bits per heavy atom. The number of carbonyl (C=O) groups is 4. The minimum Gasteiger partial charge on any atom is -0.426 e. The number of hydrogen-bond donors (Lipinski definition) is 0. The van der Waals surface area contributed by atoms with Gasteiger partial charge in [-0.2, -0.15) is 0 Å². The second-order valence-electron chi connectivity index (χ2n) is 8.71. The zero-order valence-corrected chi connectivity index (χ0v) is 26.5. The maximum atomic E-state index is 13.3. The Hall–Kier alpha value is -2.05. The molecule has 194 valence electrons. The summed E-state index contributed by atoms with van der Waals surface area (Å²) in [6.45, 7) is 1.89. The van der Waals surface area contributed by atoms with Gasteiger partial charge in [-0.15, -0.1) is 0 Å². The molecule has 0 aromatic heterocycles. The van der Waals surface area contributed by atoms with Crippen molar-refractivity contribution in [3.8, 4) is 5.75 Å². The van der Waals surface area contributed by atoms with Crippen LogP contribution < -0.4 is 14.5 Å². The molecule has 2 aliphatic rings. The number of aryl methyl sites for hydroxylation is 1. The standard InChI is InChI=1S/C26H15Br4ClN2O5/c1-11-7-15(38-26(37)12-8-17(34)32(10-12)14-4-2-3-13(31)9-14)5-6-16(11)33-24(35)18-19(25(33)36)21(28)23(30)22(29)20(18)27/h2-7,9,12H,8,10H2,1H3/t12-/m0/s1. The van der Waals surface area contributed by atoms with Gasteiger partial charge in [-0.05, 0) is 113 Å². The van der Waals surface area contributed by atoms with Crippen LogP contribution in [0.25, 0.3) is 0 Å². The van der Waals surface area contributed by atoms with Gasteiger partial charge in [0.05, 0.1) is 22.7 Å². The van der Waals surface area contributed by atoms with Crippen LogP contribution in [0.2, 0.25) is 5.02 Å². The monoisotopic (exact) mass is 786 g/mol. The molecule has 5 rings (SSSR count). The molecule has 1 atom stereocenters. The molecule has 7 nitrogen and oxygen atoms in total. The van der Waals surface area contributed by atoms with Crippen LogP contribution in [0.15, 0.2) is 60.4 Å². The van der Waals surface area contributed by atoms with Crippen molar-refractivity contribution in [2.24, 2.45) is 5.92 Å². The van der Waals surface area contributed by atoms with Gasteiger partial charge < -0.3 is 9.64 Å². The van der Waals surface area contributed by atoms with Crippen LogP contribution in [0.1, 0.15) is 32.7 Å². The SMILES string of the molecule is Cc1cc(OC(=O)[C@H]2CC(=O)N(c3cccc(Cl)c3)C2)ccc1N1C(=O)c2c(Br)c(Br)c(Br)c(Br)c2C1=O. The Balaban J connectivity index is 1.35. The van der Waals surface area contributed by atoms with Crippen LogP contribution in [-0.4, -0.2) is 30.2 Å². The number of fused-ring (bicyclic) bond motifs is 1. The summed E-state index contributed by atoms with van der Waals surface area (Å²) in [6.07, 6.45) is 0.0202. The first-order valence-corrected chi connectivity index (χ1v) is 14.7. The van der Waals surface area contributed by atoms with E-state index in [1.54, 1.807) is 43.3 Å². The van der Waals surface area contributed by atoms with Crippen molar-refractivity contribution in [1.29, 1.82) is 0 Å². The van der Waals surface area contributed by atoms with E-state index >= 15 is 0 Å². The van der Waals surface area contributed by atoms with Crippen molar-refractivity contribution in [1.82, 2.24) is 0 Å². The topological polar surface area (TPSA) is 84.0 Å². The van der Waals surface area contributed by atoms with Crippen molar-refractivity contribution in [3.63, 3.8) is 0 Å². The molecule has 2 aliphatic heterocycles. The number of rotatable bonds is 4. The third kappa shape index (κ3) is 4.66. The summed E-state index contributed by atoms with van der Waals surface area (Å²) in [5.74, 6) is -2.10. The highest BCUT2D eigenvalue weighted by Gasteiger charge is 2.42. The second-order valence-corrected chi connectivity index (χ2v) is 12.3. The van der Waals surface area contributed by atoms with Gasteiger partial charge in [-0.1, -0.05) is 17.7 Å². The van der Waals surface area contributed by atoms with Gasteiger partial charge in [0, 0.05) is 41.6 Å². The number of imide groups is 1. The number of nitrogens with zero attached hydrogens (tertiary/aromatic N) is 2. The number of amides is 3. The smallest absolute Gasteiger partial charge is 0.316 e. The van der Waals surface area contributed by atoms with Crippen LogP contribution in [0.4, 0.5) is 11.4 Å². The lowest BCUT2D eigenvalue weighted by molar-refractivity contribution is -0.139. The van der Waals surface area contributed by atoms with E-state index in [2.05, 4.69) is 63.7 Å². The summed E-state index contributed by atoms with van der Waals surface area (Å²) in [5, 5.41) is 0.495. The van der Waals surface area contributed by atoms with E-state index in [9.17, 15) is 19.2 Å². The number of carbonyl (C=O) groups excluding carboxylic acids is 4. The minimum atomic E-state index is -0.649. The molecule has 3 aromatic carbocycles. The van der Waals surface area contributed by atoms with E-state index in [1.165, 1.54) is 11.0 Å². The molecule has 0 unspecified atom stereocenters. The molecule has 3 aromatic rings. The quantitative estimate of drug-likeness (QED) is 0.0902. The van der Waals surface area contributed by atoms with Crippen LogP contribution in [-0.2, 0) is 9.59 Å². The Kier molecular flexibility index (Phi) is 7.60. The summed E-state index contributed by atoms with van der Waals surface area (Å²) < 4.78 is 7.71. The van der Waals surface area contributed by atoms with Crippen molar-refractivity contribution >= 4 is 110 Å². The van der Waals surface area contributed by atoms with Crippen molar-refractivity contribution in [3.05, 3.63) is 82.1 Å². The molecule has 0 radical (unpaired) electrons. The summed E-state index contributed by atoms with van der Waals surface area (Å²) >= 11 is 19.7. The zero-order valence-electron chi connectivity index (χ0n) is 19.4. The molecule has 0 N–H and O–H groups in total. The number of hydrogen-bond acceptors (Lipinski definition) is 5. The molecule has 0 spiro atoms. The highest BCUT2D eigenvalue weighted by atomic mass is 79.9. The maximum Gasteiger partial charge on any atom is 0.316 e. The van der Waals surface area contributed by atoms with Gasteiger partial charge in [0.1, 0.15) is 5.75 Å². The van der Waals surface area contributed by atoms with Gasteiger partial charge in [0.15, 0.2) is 0 Å². The van der Waals surface area contributed by atoms with Crippen LogP contribution in [0, 0.1) is 12.8 Å². The van der Waals surface area contributed by atoms with Crippen molar-refractivity contribution in [2.45, 2.75) is 13.3 Å². The average Bonchev–Trinajstić information content (AvgIpc) is 3.39. The molecular formula is C26H15Br4ClN2O5. The molecule has 0 aliphatic carbocycles. The van der Waals surface area contributed by atoms with Crippen LogP contribution in [0.5, 0.6) is 5.75 Å². The minimum absolute atomic E-state index is 0.0202. The average molecular weight is 790 g/mol. The van der Waals surface area contributed by atoms with Gasteiger partial charge >= 0.3 is 5.97 Å². The van der Waals surface area contributed by atoms with Gasteiger partial charge in [0.25, 0.3) is 11.8 Å². The highest BCUT2D eigenvalue weighted by molar-refractivity contribution is 9.15. The largest absolute Gasteiger partial charge is 0.426 e. The fourth-order valence-corrected chi connectivity index (χ4v) is 7.11. The lowest BCUT2D eigenvalue weighted by Crippen LogP contribution is -2.30. The van der Waals surface area contributed by atoms with Crippen LogP contribution in [0.3, 0.4) is 0 Å². The third-order valence-corrected chi connectivity index (χ3v) is 11.3. The Morgan fingerprint density at radius 3 is 2.13 bits per heavy atom. The van der Waals surface area contributed by atoms with E-state index in [0.29, 0.717) is 39.9 Å². The maximum absolute atomic E-state index is 13.3. The highest BCUT2D eigenvalue weighted by Crippen LogP contribution is 2.46. The van der Waals surface area contributed by atoms with Gasteiger partial charge in [-0.3, -0.25) is 19.2 Å². The molecule has 3 amide bonds. The Morgan fingerprint density at radius 1 is 0.921 bits per heavy atom. The Bertz CT molecular complexity index is 1530. The van der Waals surface area contributed by atoms with E-state index in [1.807, 2.05) is 0 Å². The molecular weight excluding hydrogens is 775 g/mol. The second kappa shape index (κ2) is 10.5. The third-order valence-electron chi connectivity index (χ3n) is 6.31. The Labute approximate surface area is 256 Å². The van der Waals surface area contributed by atoms with Gasteiger partial charge in [0.2, 0.25) is 5.91 Å². The fourth-order valence-electron chi connectivity index (χ4n) is 4.47. The first-order chi connectivity index (χ1) is 18.0. The summed E-state index contributed by atoms with van der Waals surface area (Å²) in [4.78, 5) is 54.7. The van der Waals surface area contributed by atoms with E-state index < -0.39 is 23.7 Å². The molecule has 0 bridgehead atoms. The van der Waals surface area contributed by atoms with E-state index in [-0.39, 0.29) is 35.7 Å². The first-order valence-electron chi connectivity index (χ1n) is 11.1. The number of benzene rings is 3. The predicted octanol–water partition coefficient (Wildman–Crippen LogP) is 7.46. The fraction of sp³-hybridized carbons (Fsp3) is 0.154. The number of anilines is 2. The lowest BCUT2D eigenvalue weighted by atomic mass is 10.1. The number of halogens is 5. The molecule has 12 heteroatoms. The first kappa shape index (κ1) is 27.5. The summed E-state index contributed by atoms with van der Waals surface area (Å²) in [5.41, 5.74) is 2.02. The summed E-state index contributed by atoms with van der Waals surface area (Å²) in [7, 11) is 0. The molecule has 38 heavy (non-hydrogen) atoms.